The Morgan fingerprint density at radius 2 is 1.58 bits per heavy atom. The third-order valence-electron chi connectivity index (χ3n) is 3.96. The van der Waals surface area contributed by atoms with E-state index in [4.69, 9.17) is 9.47 Å². The number of carbonyl (C=O) groups is 2. The molecule has 26 heavy (non-hydrogen) atoms. The van der Waals surface area contributed by atoms with Gasteiger partial charge in [0.1, 0.15) is 5.75 Å². The highest BCUT2D eigenvalue weighted by Crippen LogP contribution is 2.20. The molecular weight excluding hydrogens is 330 g/mol. The molecule has 0 saturated heterocycles. The van der Waals surface area contributed by atoms with Gasteiger partial charge < -0.3 is 14.8 Å². The Kier molecular flexibility index (Phi) is 6.39. The second-order valence-electron chi connectivity index (χ2n) is 6.50. The molecule has 0 heterocycles. The van der Waals surface area contributed by atoms with E-state index in [-0.39, 0.29) is 12.5 Å². The van der Waals surface area contributed by atoms with Gasteiger partial charge in [0.25, 0.3) is 5.91 Å². The lowest BCUT2D eigenvalue weighted by molar-refractivity contribution is -0.155. The lowest BCUT2D eigenvalue weighted by Gasteiger charge is -2.16. The molecule has 5 heteroatoms. The van der Waals surface area contributed by atoms with Gasteiger partial charge in [-0.15, -0.1) is 0 Å². The van der Waals surface area contributed by atoms with E-state index in [1.807, 2.05) is 64.1 Å². The lowest BCUT2D eigenvalue weighted by Crippen LogP contribution is -2.32. The number of esters is 1. The van der Waals surface area contributed by atoms with Crippen molar-refractivity contribution < 1.29 is 19.1 Å². The fraction of sp³-hybridized carbons (Fsp3) is 0.333. The van der Waals surface area contributed by atoms with E-state index in [0.29, 0.717) is 5.75 Å². The molecule has 1 N–H and O–H groups in total. The Balaban J connectivity index is 1.89. The molecule has 0 radical (unpaired) electrons. The van der Waals surface area contributed by atoms with Gasteiger partial charge in [-0.2, -0.15) is 0 Å². The third-order valence-corrected chi connectivity index (χ3v) is 3.96. The third kappa shape index (κ3) is 5.34. The summed E-state index contributed by atoms with van der Waals surface area (Å²) in [7, 11) is 0. The number of ether oxygens (including phenoxy) is 2. The van der Waals surface area contributed by atoms with Crippen molar-refractivity contribution in [3.63, 3.8) is 0 Å². The van der Waals surface area contributed by atoms with E-state index < -0.39 is 12.1 Å². The molecule has 0 saturated carbocycles. The molecule has 0 aromatic heterocycles. The molecule has 2 aromatic rings. The number of para-hydroxylation sites is 1. The van der Waals surface area contributed by atoms with Crippen LogP contribution in [0.4, 0.5) is 5.69 Å². The van der Waals surface area contributed by atoms with Crippen molar-refractivity contribution in [2.24, 2.45) is 0 Å². The van der Waals surface area contributed by atoms with Gasteiger partial charge in [-0.05, 0) is 69.0 Å². The number of nitrogens with one attached hydrogen (secondary N) is 1. The number of hydrogen-bond donors (Lipinski definition) is 1. The fourth-order valence-electron chi connectivity index (χ4n) is 2.68. The summed E-state index contributed by atoms with van der Waals surface area (Å²) in [5.74, 6) is -0.359. The maximum Gasteiger partial charge on any atom is 0.344 e. The van der Waals surface area contributed by atoms with Crippen molar-refractivity contribution in [3.05, 3.63) is 58.7 Å². The van der Waals surface area contributed by atoms with Gasteiger partial charge in [-0.25, -0.2) is 4.79 Å². The first-order valence-corrected chi connectivity index (χ1v) is 8.54. The molecule has 0 aliphatic heterocycles. The first-order chi connectivity index (χ1) is 12.3. The summed E-state index contributed by atoms with van der Waals surface area (Å²) in [6.07, 6.45) is -0.913. The van der Waals surface area contributed by atoms with E-state index in [9.17, 15) is 9.59 Å². The van der Waals surface area contributed by atoms with Crippen molar-refractivity contribution >= 4 is 17.6 Å². The summed E-state index contributed by atoms with van der Waals surface area (Å²) in [6, 6.07) is 11.5. The number of aryl methyl sites for hydroxylation is 4. The Labute approximate surface area is 154 Å². The normalized spacial score (nSPS) is 11.6. The molecule has 138 valence electrons. The lowest BCUT2D eigenvalue weighted by atomic mass is 10.1. The molecule has 2 aromatic carbocycles. The van der Waals surface area contributed by atoms with Gasteiger partial charge in [0.15, 0.2) is 12.7 Å². The molecule has 0 bridgehead atoms. The molecule has 1 amide bonds. The smallest absolute Gasteiger partial charge is 0.344 e. The molecule has 1 unspecified atom stereocenters. The van der Waals surface area contributed by atoms with Crippen molar-refractivity contribution in [2.75, 3.05) is 11.9 Å². The largest absolute Gasteiger partial charge is 0.482 e. The predicted molar refractivity (Wildman–Crippen MR) is 102 cm³/mol. The molecule has 0 aliphatic rings. The molecule has 0 aliphatic carbocycles. The SMILES string of the molecule is Cc1cc(C)cc(OCC(=O)OC(C)C(=O)Nc2c(C)cccc2C)c1. The van der Waals surface area contributed by atoms with Crippen molar-refractivity contribution in [1.29, 1.82) is 0 Å². The molecular formula is C21H25NO4. The number of carbonyl (C=O) groups excluding carboxylic acids is 2. The van der Waals surface area contributed by atoms with E-state index in [1.54, 1.807) is 0 Å². The number of benzene rings is 2. The zero-order valence-corrected chi connectivity index (χ0v) is 15.9. The quantitative estimate of drug-likeness (QED) is 0.799. The second kappa shape index (κ2) is 8.52. The summed E-state index contributed by atoms with van der Waals surface area (Å²) < 4.78 is 10.6. The fourth-order valence-corrected chi connectivity index (χ4v) is 2.68. The maximum absolute atomic E-state index is 12.3. The van der Waals surface area contributed by atoms with Gasteiger partial charge in [-0.3, -0.25) is 4.79 Å². The first kappa shape index (κ1) is 19.5. The molecule has 0 fully saturated rings. The number of hydrogen-bond acceptors (Lipinski definition) is 4. The molecule has 1 atom stereocenters. The number of rotatable bonds is 6. The van der Waals surface area contributed by atoms with Crippen LogP contribution >= 0.6 is 0 Å². The summed E-state index contributed by atoms with van der Waals surface area (Å²) in [5.41, 5.74) is 4.75. The Morgan fingerprint density at radius 1 is 1.00 bits per heavy atom. The first-order valence-electron chi connectivity index (χ1n) is 8.54. The topological polar surface area (TPSA) is 64.6 Å². The summed E-state index contributed by atoms with van der Waals surface area (Å²) in [6.45, 7) is 9.03. The van der Waals surface area contributed by atoms with Crippen molar-refractivity contribution in [3.8, 4) is 5.75 Å². The minimum Gasteiger partial charge on any atom is -0.482 e. The standard InChI is InChI=1S/C21H25NO4/c1-13-9-14(2)11-18(10-13)25-12-19(23)26-17(5)21(24)22-20-15(3)7-6-8-16(20)4/h6-11,17H,12H2,1-5H3,(H,22,24). The van der Waals surface area contributed by atoms with E-state index >= 15 is 0 Å². The van der Waals surface area contributed by atoms with E-state index in [1.165, 1.54) is 6.92 Å². The Bertz CT molecular complexity index is 773. The number of amides is 1. The van der Waals surface area contributed by atoms with Crippen LogP contribution in [0.2, 0.25) is 0 Å². The average molecular weight is 355 g/mol. The van der Waals surface area contributed by atoms with Crippen molar-refractivity contribution in [1.82, 2.24) is 0 Å². The van der Waals surface area contributed by atoms with Crippen LogP contribution in [0.3, 0.4) is 0 Å². The minimum absolute atomic E-state index is 0.246. The summed E-state index contributed by atoms with van der Waals surface area (Å²) >= 11 is 0. The Morgan fingerprint density at radius 3 is 2.15 bits per heavy atom. The van der Waals surface area contributed by atoms with Crippen LogP contribution in [-0.4, -0.2) is 24.6 Å². The van der Waals surface area contributed by atoms with Crippen LogP contribution in [0, 0.1) is 27.7 Å². The predicted octanol–water partition coefficient (Wildman–Crippen LogP) is 3.87. The van der Waals surface area contributed by atoms with Crippen LogP contribution < -0.4 is 10.1 Å². The molecule has 0 spiro atoms. The van der Waals surface area contributed by atoms with Gasteiger partial charge in [0.2, 0.25) is 0 Å². The zero-order valence-electron chi connectivity index (χ0n) is 15.9. The van der Waals surface area contributed by atoms with Gasteiger partial charge >= 0.3 is 5.97 Å². The Hall–Kier alpha value is -2.82. The van der Waals surface area contributed by atoms with Gasteiger partial charge in [-0.1, -0.05) is 24.3 Å². The highest BCUT2D eigenvalue weighted by molar-refractivity contribution is 5.96. The van der Waals surface area contributed by atoms with Gasteiger partial charge in [0, 0.05) is 5.69 Å². The number of anilines is 1. The van der Waals surface area contributed by atoms with Gasteiger partial charge in [0.05, 0.1) is 0 Å². The van der Waals surface area contributed by atoms with Crippen LogP contribution in [0.5, 0.6) is 5.75 Å². The highest BCUT2D eigenvalue weighted by Gasteiger charge is 2.19. The second-order valence-corrected chi connectivity index (χ2v) is 6.50. The summed E-state index contributed by atoms with van der Waals surface area (Å²) in [5, 5.41) is 2.82. The monoisotopic (exact) mass is 355 g/mol. The van der Waals surface area contributed by atoms with E-state index in [2.05, 4.69) is 5.32 Å². The average Bonchev–Trinajstić information content (AvgIpc) is 2.55. The van der Waals surface area contributed by atoms with Crippen molar-refractivity contribution in [2.45, 2.75) is 40.7 Å². The van der Waals surface area contributed by atoms with Crippen LogP contribution in [-0.2, 0) is 14.3 Å². The van der Waals surface area contributed by atoms with Crippen LogP contribution in [0.1, 0.15) is 29.2 Å². The molecule has 2 rings (SSSR count). The highest BCUT2D eigenvalue weighted by atomic mass is 16.6. The molecule has 5 nitrogen and oxygen atoms in total. The zero-order chi connectivity index (χ0) is 19.3. The van der Waals surface area contributed by atoms with Crippen LogP contribution in [0.15, 0.2) is 36.4 Å². The van der Waals surface area contributed by atoms with Crippen LogP contribution in [0.25, 0.3) is 0 Å². The maximum atomic E-state index is 12.3. The van der Waals surface area contributed by atoms with E-state index in [0.717, 1.165) is 27.9 Å². The minimum atomic E-state index is -0.913. The summed E-state index contributed by atoms with van der Waals surface area (Å²) in [4.78, 5) is 24.2.